The number of rotatable bonds is 6. The second-order valence-corrected chi connectivity index (χ2v) is 4.24. The number of hydrogen-bond acceptors (Lipinski definition) is 5. The van der Waals surface area contributed by atoms with Gasteiger partial charge in [-0.25, -0.2) is 9.97 Å². The van der Waals surface area contributed by atoms with Gasteiger partial charge in [-0.3, -0.25) is 0 Å². The van der Waals surface area contributed by atoms with Crippen molar-refractivity contribution in [3.05, 3.63) is 24.0 Å². The van der Waals surface area contributed by atoms with Gasteiger partial charge in [-0.1, -0.05) is 17.7 Å². The number of nitrogens with two attached hydrogens (primary N) is 1. The van der Waals surface area contributed by atoms with E-state index in [4.69, 9.17) is 17.3 Å². The van der Waals surface area contributed by atoms with E-state index in [0.717, 1.165) is 18.1 Å². The molecule has 1 aromatic heterocycles. The SMILES string of the molecule is C=CCSCCNc1ncnc(N)c1Cl. The highest BCUT2D eigenvalue weighted by molar-refractivity contribution is 7.99. The number of nitrogens with zero attached hydrogens (tertiary/aromatic N) is 2. The van der Waals surface area contributed by atoms with Crippen molar-refractivity contribution in [2.75, 3.05) is 29.1 Å². The second-order valence-electron chi connectivity index (χ2n) is 2.71. The lowest BCUT2D eigenvalue weighted by molar-refractivity contribution is 1.12. The van der Waals surface area contributed by atoms with Crippen molar-refractivity contribution in [2.45, 2.75) is 0 Å². The Morgan fingerprint density at radius 1 is 1.60 bits per heavy atom. The number of aromatic nitrogens is 2. The van der Waals surface area contributed by atoms with Crippen LogP contribution in [0.5, 0.6) is 0 Å². The van der Waals surface area contributed by atoms with Crippen LogP contribution in [0.25, 0.3) is 0 Å². The lowest BCUT2D eigenvalue weighted by Crippen LogP contribution is -2.07. The van der Waals surface area contributed by atoms with Crippen LogP contribution < -0.4 is 11.1 Å². The first-order valence-corrected chi connectivity index (χ1v) is 5.97. The largest absolute Gasteiger partial charge is 0.382 e. The normalized spacial score (nSPS) is 9.93. The lowest BCUT2D eigenvalue weighted by Gasteiger charge is -2.07. The molecule has 0 radical (unpaired) electrons. The molecule has 4 nitrogen and oxygen atoms in total. The van der Waals surface area contributed by atoms with Gasteiger partial charge in [0.15, 0.2) is 0 Å². The summed E-state index contributed by atoms with van der Waals surface area (Å²) >= 11 is 7.68. The number of nitrogens with one attached hydrogen (secondary N) is 1. The van der Waals surface area contributed by atoms with Crippen molar-refractivity contribution in [2.24, 2.45) is 0 Å². The van der Waals surface area contributed by atoms with E-state index in [1.165, 1.54) is 6.33 Å². The Bertz CT molecular complexity index is 332. The number of thioether (sulfide) groups is 1. The molecular formula is C9H13ClN4S. The minimum atomic E-state index is 0.299. The average molecular weight is 245 g/mol. The Morgan fingerprint density at radius 2 is 2.40 bits per heavy atom. The Kier molecular flexibility index (Phi) is 5.28. The van der Waals surface area contributed by atoms with Gasteiger partial charge in [-0.15, -0.1) is 6.58 Å². The van der Waals surface area contributed by atoms with Gasteiger partial charge in [-0.05, 0) is 0 Å². The van der Waals surface area contributed by atoms with Gasteiger partial charge >= 0.3 is 0 Å². The maximum absolute atomic E-state index is 5.90. The van der Waals surface area contributed by atoms with Crippen molar-refractivity contribution in [3.63, 3.8) is 0 Å². The van der Waals surface area contributed by atoms with Crippen LogP contribution >= 0.6 is 23.4 Å². The lowest BCUT2D eigenvalue weighted by atomic mass is 10.5. The maximum Gasteiger partial charge on any atom is 0.150 e. The molecule has 3 N–H and O–H groups in total. The van der Waals surface area contributed by atoms with Crippen LogP contribution in [0.15, 0.2) is 19.0 Å². The number of hydrogen-bond donors (Lipinski definition) is 2. The molecule has 0 amide bonds. The second kappa shape index (κ2) is 6.53. The minimum absolute atomic E-state index is 0.299. The minimum Gasteiger partial charge on any atom is -0.382 e. The molecule has 0 aliphatic heterocycles. The molecule has 1 aromatic rings. The summed E-state index contributed by atoms with van der Waals surface area (Å²) < 4.78 is 0. The Balaban J connectivity index is 2.37. The summed E-state index contributed by atoms with van der Waals surface area (Å²) in [5.41, 5.74) is 5.53. The molecule has 6 heteroatoms. The average Bonchev–Trinajstić information content (AvgIpc) is 2.24. The Morgan fingerprint density at radius 3 is 3.13 bits per heavy atom. The standard InChI is InChI=1S/C9H13ClN4S/c1-2-4-15-5-3-12-9-7(10)8(11)13-6-14-9/h2,6H,1,3-5H2,(H3,11,12,13,14). The summed E-state index contributed by atoms with van der Waals surface area (Å²) in [6.45, 7) is 4.43. The molecule has 15 heavy (non-hydrogen) atoms. The van der Waals surface area contributed by atoms with E-state index in [0.29, 0.717) is 16.7 Å². The molecule has 1 heterocycles. The quantitative estimate of drug-likeness (QED) is 0.592. The van der Waals surface area contributed by atoms with Crippen LogP contribution in [0.4, 0.5) is 11.6 Å². The Hall–Kier alpha value is -0.940. The molecule has 82 valence electrons. The molecule has 0 spiro atoms. The smallest absolute Gasteiger partial charge is 0.150 e. The molecule has 1 rings (SSSR count). The van der Waals surface area contributed by atoms with E-state index in [1.807, 2.05) is 6.08 Å². The van der Waals surface area contributed by atoms with Gasteiger partial charge in [0, 0.05) is 18.1 Å². The van der Waals surface area contributed by atoms with Gasteiger partial charge in [0.05, 0.1) is 0 Å². The van der Waals surface area contributed by atoms with E-state index < -0.39 is 0 Å². The van der Waals surface area contributed by atoms with Crippen LogP contribution in [-0.2, 0) is 0 Å². The summed E-state index contributed by atoms with van der Waals surface area (Å²) in [7, 11) is 0. The fraction of sp³-hybridized carbons (Fsp3) is 0.333. The zero-order chi connectivity index (χ0) is 11.1. The third-order valence-electron chi connectivity index (χ3n) is 1.59. The van der Waals surface area contributed by atoms with Crippen molar-refractivity contribution in [1.82, 2.24) is 9.97 Å². The third kappa shape index (κ3) is 3.97. The fourth-order valence-corrected chi connectivity index (χ4v) is 1.66. The predicted molar refractivity (Wildman–Crippen MR) is 67.5 cm³/mol. The highest BCUT2D eigenvalue weighted by Gasteiger charge is 2.04. The summed E-state index contributed by atoms with van der Waals surface area (Å²) in [5, 5.41) is 3.48. The molecule has 0 saturated carbocycles. The van der Waals surface area contributed by atoms with Crippen LogP contribution in [0.1, 0.15) is 0 Å². The topological polar surface area (TPSA) is 63.8 Å². The van der Waals surface area contributed by atoms with Crippen molar-refractivity contribution in [1.29, 1.82) is 0 Å². The molecular weight excluding hydrogens is 232 g/mol. The molecule has 0 saturated heterocycles. The van der Waals surface area contributed by atoms with E-state index in [1.54, 1.807) is 11.8 Å². The van der Waals surface area contributed by atoms with Crippen LogP contribution in [0.2, 0.25) is 5.02 Å². The van der Waals surface area contributed by atoms with Gasteiger partial charge < -0.3 is 11.1 Å². The van der Waals surface area contributed by atoms with E-state index >= 15 is 0 Å². The monoisotopic (exact) mass is 244 g/mol. The van der Waals surface area contributed by atoms with E-state index in [2.05, 4.69) is 21.9 Å². The first-order valence-electron chi connectivity index (χ1n) is 4.44. The highest BCUT2D eigenvalue weighted by Crippen LogP contribution is 2.22. The summed E-state index contributed by atoms with van der Waals surface area (Å²) in [6, 6.07) is 0. The van der Waals surface area contributed by atoms with E-state index in [-0.39, 0.29) is 0 Å². The molecule has 0 aliphatic rings. The summed E-state index contributed by atoms with van der Waals surface area (Å²) in [6.07, 6.45) is 3.26. The van der Waals surface area contributed by atoms with Crippen molar-refractivity contribution < 1.29 is 0 Å². The Labute approximate surface area is 98.3 Å². The number of nitrogen functional groups attached to an aromatic ring is 1. The van der Waals surface area contributed by atoms with Crippen molar-refractivity contribution in [3.8, 4) is 0 Å². The maximum atomic E-state index is 5.90. The predicted octanol–water partition coefficient (Wildman–Crippen LogP) is 2.04. The van der Waals surface area contributed by atoms with Gasteiger partial charge in [0.25, 0.3) is 0 Å². The van der Waals surface area contributed by atoms with E-state index in [9.17, 15) is 0 Å². The number of halogens is 1. The van der Waals surface area contributed by atoms with Crippen LogP contribution in [0.3, 0.4) is 0 Å². The molecule has 0 aromatic carbocycles. The molecule has 0 aliphatic carbocycles. The van der Waals surface area contributed by atoms with Crippen LogP contribution in [0, 0.1) is 0 Å². The molecule has 0 bridgehead atoms. The summed E-state index contributed by atoms with van der Waals surface area (Å²) in [4.78, 5) is 7.77. The van der Waals surface area contributed by atoms with Crippen molar-refractivity contribution >= 4 is 35.0 Å². The van der Waals surface area contributed by atoms with Gasteiger partial charge in [-0.2, -0.15) is 11.8 Å². The fourth-order valence-electron chi connectivity index (χ4n) is 0.915. The molecule has 0 unspecified atom stereocenters. The highest BCUT2D eigenvalue weighted by atomic mass is 35.5. The first-order chi connectivity index (χ1) is 7.25. The summed E-state index contributed by atoms with van der Waals surface area (Å²) in [5.74, 6) is 2.80. The third-order valence-corrected chi connectivity index (χ3v) is 2.93. The van der Waals surface area contributed by atoms with Gasteiger partial charge in [0.2, 0.25) is 0 Å². The first kappa shape index (κ1) is 12.1. The zero-order valence-corrected chi connectivity index (χ0v) is 9.81. The van der Waals surface area contributed by atoms with Crippen LogP contribution in [-0.4, -0.2) is 28.0 Å². The molecule has 0 fully saturated rings. The zero-order valence-electron chi connectivity index (χ0n) is 8.24. The molecule has 0 atom stereocenters. The van der Waals surface area contributed by atoms with Gasteiger partial charge in [0.1, 0.15) is 23.0 Å². The number of anilines is 2.